The highest BCUT2D eigenvalue weighted by Gasteiger charge is 2.24. The fourth-order valence-electron chi connectivity index (χ4n) is 3.59. The first kappa shape index (κ1) is 23.6. The summed E-state index contributed by atoms with van der Waals surface area (Å²) in [5.41, 5.74) is 3.65. The topological polar surface area (TPSA) is 46.1 Å². The van der Waals surface area contributed by atoms with Gasteiger partial charge in [0.1, 0.15) is 0 Å². The maximum Gasteiger partial charge on any atom is 0.193 e. The van der Waals surface area contributed by atoms with Gasteiger partial charge >= 0.3 is 0 Å². The quantitative estimate of drug-likeness (QED) is 0.331. The van der Waals surface area contributed by atoms with Crippen molar-refractivity contribution in [2.24, 2.45) is 10.9 Å². The Morgan fingerprint density at radius 1 is 1.07 bits per heavy atom. The third-order valence-corrected chi connectivity index (χ3v) is 5.02. The van der Waals surface area contributed by atoms with Gasteiger partial charge in [-0.25, -0.2) is 0 Å². The second-order valence-corrected chi connectivity index (χ2v) is 7.26. The van der Waals surface area contributed by atoms with Crippen LogP contribution in [0.3, 0.4) is 0 Å². The number of hydrogen-bond acceptors (Lipinski definition) is 3. The van der Waals surface area contributed by atoms with Crippen LogP contribution in [0.15, 0.2) is 59.6 Å². The Balaban J connectivity index is 0.00000300. The number of methoxy groups -OCH3 is 1. The Bertz CT molecular complexity index is 755. The second kappa shape index (κ2) is 12.8. The lowest BCUT2D eigenvalue weighted by molar-refractivity contribution is 0.0906. The van der Waals surface area contributed by atoms with Gasteiger partial charge in [0.2, 0.25) is 0 Å². The molecule has 2 aromatic carbocycles. The van der Waals surface area contributed by atoms with Gasteiger partial charge in [-0.15, -0.1) is 24.0 Å². The van der Waals surface area contributed by atoms with Gasteiger partial charge in [0, 0.05) is 39.7 Å². The Hall–Kier alpha value is -1.64. The van der Waals surface area contributed by atoms with Crippen molar-refractivity contribution < 1.29 is 9.47 Å². The molecule has 3 rings (SSSR count). The highest BCUT2D eigenvalue weighted by Crippen LogP contribution is 2.17. The van der Waals surface area contributed by atoms with Crippen molar-refractivity contribution in [1.29, 1.82) is 0 Å². The Labute approximate surface area is 191 Å². The largest absolute Gasteiger partial charge is 0.380 e. The van der Waals surface area contributed by atoms with Gasteiger partial charge in [0.05, 0.1) is 19.8 Å². The zero-order chi connectivity index (χ0) is 19.6. The van der Waals surface area contributed by atoms with E-state index in [0.29, 0.717) is 19.1 Å². The molecule has 0 aliphatic carbocycles. The van der Waals surface area contributed by atoms with Crippen LogP contribution in [0.1, 0.15) is 23.1 Å². The van der Waals surface area contributed by atoms with Gasteiger partial charge in [-0.1, -0.05) is 54.6 Å². The van der Waals surface area contributed by atoms with E-state index in [-0.39, 0.29) is 24.0 Å². The number of likely N-dealkylation sites (tertiary alicyclic amines) is 1. The molecule has 0 aromatic heterocycles. The molecule has 0 amide bonds. The van der Waals surface area contributed by atoms with E-state index in [1.807, 2.05) is 13.1 Å². The summed E-state index contributed by atoms with van der Waals surface area (Å²) in [5, 5.41) is 3.49. The lowest BCUT2D eigenvalue weighted by atomic mass is 10.1. The summed E-state index contributed by atoms with van der Waals surface area (Å²) in [4.78, 5) is 6.80. The summed E-state index contributed by atoms with van der Waals surface area (Å²) in [6.45, 7) is 4.87. The maximum absolute atomic E-state index is 5.93. The molecule has 0 bridgehead atoms. The van der Waals surface area contributed by atoms with Gasteiger partial charge in [0.25, 0.3) is 0 Å². The first-order valence-corrected chi connectivity index (χ1v) is 9.92. The van der Waals surface area contributed by atoms with Crippen molar-refractivity contribution in [3.05, 3.63) is 71.3 Å². The summed E-state index contributed by atoms with van der Waals surface area (Å²) < 4.78 is 11.2. The smallest absolute Gasteiger partial charge is 0.193 e. The molecule has 1 atom stereocenters. The molecule has 5 nitrogen and oxygen atoms in total. The summed E-state index contributed by atoms with van der Waals surface area (Å²) in [7, 11) is 3.57. The van der Waals surface area contributed by atoms with Gasteiger partial charge < -0.3 is 19.7 Å². The molecule has 1 unspecified atom stereocenters. The molecule has 1 aliphatic rings. The zero-order valence-electron chi connectivity index (χ0n) is 17.3. The first-order chi connectivity index (χ1) is 13.8. The molecular formula is C23H32IN3O2. The number of ether oxygens (including phenoxy) is 2. The number of aliphatic imine (C=N–C) groups is 1. The van der Waals surface area contributed by atoms with Crippen molar-refractivity contribution in [2.75, 3.05) is 33.9 Å². The Morgan fingerprint density at radius 3 is 2.59 bits per heavy atom. The van der Waals surface area contributed by atoms with Crippen LogP contribution >= 0.6 is 24.0 Å². The van der Waals surface area contributed by atoms with Crippen molar-refractivity contribution >= 4 is 29.9 Å². The van der Waals surface area contributed by atoms with Crippen molar-refractivity contribution in [3.8, 4) is 0 Å². The van der Waals surface area contributed by atoms with Gasteiger partial charge in [-0.2, -0.15) is 0 Å². The summed E-state index contributed by atoms with van der Waals surface area (Å²) in [6, 6.07) is 18.8. The van der Waals surface area contributed by atoms with Gasteiger partial charge in [-0.3, -0.25) is 4.99 Å². The molecule has 0 spiro atoms. The van der Waals surface area contributed by atoms with Crippen LogP contribution < -0.4 is 5.32 Å². The maximum atomic E-state index is 5.93. The van der Waals surface area contributed by atoms with Crippen LogP contribution in [0.4, 0.5) is 0 Å². The van der Waals surface area contributed by atoms with Crippen LogP contribution in [0.5, 0.6) is 0 Å². The molecule has 1 fully saturated rings. The number of nitrogens with zero attached hydrogens (tertiary/aromatic N) is 2. The molecule has 6 heteroatoms. The van der Waals surface area contributed by atoms with Crippen molar-refractivity contribution in [2.45, 2.75) is 26.2 Å². The number of rotatable bonds is 8. The highest BCUT2D eigenvalue weighted by molar-refractivity contribution is 14.0. The van der Waals surface area contributed by atoms with E-state index in [0.717, 1.165) is 38.6 Å². The van der Waals surface area contributed by atoms with Crippen LogP contribution in [0.2, 0.25) is 0 Å². The number of benzene rings is 2. The standard InChI is InChI=1S/C23H31N3O2.HI/c1-24-23(25-14-20-9-6-10-21(13-20)16-27-2)26-12-11-22(15-26)18-28-17-19-7-4-3-5-8-19;/h3-10,13,22H,11-12,14-18H2,1-2H3,(H,24,25);1H. The zero-order valence-corrected chi connectivity index (χ0v) is 19.7. The average Bonchev–Trinajstić information content (AvgIpc) is 3.19. The highest BCUT2D eigenvalue weighted by atomic mass is 127. The van der Waals surface area contributed by atoms with Crippen LogP contribution in [-0.4, -0.2) is 44.7 Å². The fourth-order valence-corrected chi connectivity index (χ4v) is 3.59. The average molecular weight is 509 g/mol. The molecule has 158 valence electrons. The molecular weight excluding hydrogens is 477 g/mol. The van der Waals surface area contributed by atoms with E-state index < -0.39 is 0 Å². The number of hydrogen-bond donors (Lipinski definition) is 1. The number of nitrogens with one attached hydrogen (secondary N) is 1. The predicted molar refractivity (Wildman–Crippen MR) is 129 cm³/mol. The molecule has 1 heterocycles. The van der Waals surface area contributed by atoms with E-state index in [1.165, 1.54) is 16.7 Å². The summed E-state index contributed by atoms with van der Waals surface area (Å²) in [5.74, 6) is 1.51. The molecule has 1 N–H and O–H groups in total. The normalized spacial score (nSPS) is 16.6. The Morgan fingerprint density at radius 2 is 1.83 bits per heavy atom. The van der Waals surface area contributed by atoms with E-state index >= 15 is 0 Å². The van der Waals surface area contributed by atoms with Crippen LogP contribution in [-0.2, 0) is 29.2 Å². The predicted octanol–water partition coefficient (Wildman–Crippen LogP) is 4.07. The molecule has 29 heavy (non-hydrogen) atoms. The fraction of sp³-hybridized carbons (Fsp3) is 0.435. The second-order valence-electron chi connectivity index (χ2n) is 7.26. The lowest BCUT2D eigenvalue weighted by Gasteiger charge is -2.22. The minimum Gasteiger partial charge on any atom is -0.380 e. The molecule has 1 aliphatic heterocycles. The molecule has 0 radical (unpaired) electrons. The van der Waals surface area contributed by atoms with Crippen LogP contribution in [0, 0.1) is 5.92 Å². The third kappa shape index (κ3) is 7.60. The first-order valence-electron chi connectivity index (χ1n) is 9.92. The van der Waals surface area contributed by atoms with Gasteiger partial charge in [-0.05, 0) is 23.1 Å². The van der Waals surface area contributed by atoms with Crippen molar-refractivity contribution in [3.63, 3.8) is 0 Å². The monoisotopic (exact) mass is 509 g/mol. The van der Waals surface area contributed by atoms with Crippen molar-refractivity contribution in [1.82, 2.24) is 10.2 Å². The number of halogens is 1. The third-order valence-electron chi connectivity index (χ3n) is 5.02. The number of guanidine groups is 1. The summed E-state index contributed by atoms with van der Waals surface area (Å²) in [6.07, 6.45) is 1.14. The molecule has 2 aromatic rings. The lowest BCUT2D eigenvalue weighted by Crippen LogP contribution is -2.39. The minimum absolute atomic E-state index is 0. The van der Waals surface area contributed by atoms with E-state index in [9.17, 15) is 0 Å². The van der Waals surface area contributed by atoms with Crippen LogP contribution in [0.25, 0.3) is 0 Å². The van der Waals surface area contributed by atoms with E-state index in [4.69, 9.17) is 9.47 Å². The summed E-state index contributed by atoms with van der Waals surface area (Å²) >= 11 is 0. The SMILES string of the molecule is CN=C(NCc1cccc(COC)c1)N1CCC(COCc2ccccc2)C1.I. The minimum atomic E-state index is 0. The van der Waals surface area contributed by atoms with E-state index in [2.05, 4.69) is 63.7 Å². The molecule has 0 saturated carbocycles. The van der Waals surface area contributed by atoms with E-state index in [1.54, 1.807) is 7.11 Å². The molecule has 1 saturated heterocycles. The van der Waals surface area contributed by atoms with Gasteiger partial charge in [0.15, 0.2) is 5.96 Å². The Kier molecular flexibility index (Phi) is 10.5.